The maximum Gasteiger partial charge on any atom is 0.227 e. The number of anilines is 1. The van der Waals surface area contributed by atoms with Gasteiger partial charge in [-0.1, -0.05) is 37.3 Å². The second-order valence-corrected chi connectivity index (χ2v) is 6.85. The van der Waals surface area contributed by atoms with Crippen LogP contribution in [0.5, 0.6) is 5.75 Å². The van der Waals surface area contributed by atoms with E-state index in [0.717, 1.165) is 11.3 Å². The number of amides is 1. The molecule has 1 saturated heterocycles. The second kappa shape index (κ2) is 8.39. The van der Waals surface area contributed by atoms with Crippen LogP contribution in [0.3, 0.4) is 0 Å². The minimum absolute atomic E-state index is 0.0667. The predicted molar refractivity (Wildman–Crippen MR) is 104 cm³/mol. The molecule has 2 aromatic carbocycles. The summed E-state index contributed by atoms with van der Waals surface area (Å²) in [5.74, 6) is -0.0428. The van der Waals surface area contributed by atoms with Gasteiger partial charge in [-0.25, -0.2) is 4.39 Å². The summed E-state index contributed by atoms with van der Waals surface area (Å²) in [7, 11) is 1.53. The highest BCUT2D eigenvalue weighted by atomic mass is 19.1. The summed E-state index contributed by atoms with van der Waals surface area (Å²) in [5.41, 5.74) is 8.12. The highest BCUT2D eigenvalue weighted by molar-refractivity contribution is 5.80. The molecule has 0 saturated carbocycles. The van der Waals surface area contributed by atoms with Crippen molar-refractivity contribution in [2.24, 2.45) is 11.7 Å². The van der Waals surface area contributed by atoms with Crippen molar-refractivity contribution in [1.82, 2.24) is 4.90 Å². The lowest BCUT2D eigenvalue weighted by Crippen LogP contribution is -2.51. The molecule has 3 rings (SSSR count). The first-order chi connectivity index (χ1) is 13.0. The second-order valence-electron chi connectivity index (χ2n) is 6.85. The first kappa shape index (κ1) is 19.2. The number of benzene rings is 2. The number of halogens is 1. The molecule has 2 N–H and O–H groups in total. The molecule has 1 amide bonds. The van der Waals surface area contributed by atoms with E-state index in [0.29, 0.717) is 31.9 Å². The molecule has 27 heavy (non-hydrogen) atoms. The molecule has 0 aliphatic carbocycles. The number of nitrogens with two attached hydrogens (primary N) is 1. The van der Waals surface area contributed by atoms with Gasteiger partial charge in [0.15, 0.2) is 0 Å². The molecule has 0 spiro atoms. The van der Waals surface area contributed by atoms with Crippen molar-refractivity contribution in [2.45, 2.75) is 13.0 Å². The number of piperazine rings is 1. The standard InChI is InChI=1S/C21H26FN3O2/c1-15(20(23)16-6-4-3-5-7-16)21(26)25-12-10-24(11-13-25)18-9-8-17(22)14-19(18)27-2/h3-9,14-15,20H,10-13,23H2,1-2H3. The van der Waals surface area contributed by atoms with E-state index in [1.165, 1.54) is 19.2 Å². The summed E-state index contributed by atoms with van der Waals surface area (Å²) in [5, 5.41) is 0. The number of rotatable bonds is 5. The predicted octanol–water partition coefficient (Wildman–Crippen LogP) is 2.82. The third kappa shape index (κ3) is 4.22. The molecule has 5 nitrogen and oxygen atoms in total. The molecule has 0 radical (unpaired) electrons. The van der Waals surface area contributed by atoms with E-state index < -0.39 is 0 Å². The van der Waals surface area contributed by atoms with Gasteiger partial charge in [-0.05, 0) is 17.7 Å². The molecule has 1 aliphatic heterocycles. The van der Waals surface area contributed by atoms with Crippen LogP contribution < -0.4 is 15.4 Å². The Balaban J connectivity index is 1.62. The van der Waals surface area contributed by atoms with Crippen LogP contribution in [0.4, 0.5) is 10.1 Å². The largest absolute Gasteiger partial charge is 0.494 e. The van der Waals surface area contributed by atoms with Gasteiger partial charge < -0.3 is 20.3 Å². The Morgan fingerprint density at radius 2 is 1.78 bits per heavy atom. The van der Waals surface area contributed by atoms with Crippen molar-refractivity contribution < 1.29 is 13.9 Å². The van der Waals surface area contributed by atoms with Crippen LogP contribution in [0.15, 0.2) is 48.5 Å². The smallest absolute Gasteiger partial charge is 0.227 e. The van der Waals surface area contributed by atoms with Crippen LogP contribution in [-0.4, -0.2) is 44.1 Å². The topological polar surface area (TPSA) is 58.8 Å². The van der Waals surface area contributed by atoms with Crippen molar-refractivity contribution in [3.8, 4) is 5.75 Å². The van der Waals surface area contributed by atoms with Crippen LogP contribution in [0.1, 0.15) is 18.5 Å². The van der Waals surface area contributed by atoms with Crippen molar-refractivity contribution in [3.63, 3.8) is 0 Å². The van der Waals surface area contributed by atoms with Crippen molar-refractivity contribution in [3.05, 3.63) is 59.9 Å². The van der Waals surface area contributed by atoms with Crippen LogP contribution in [0.25, 0.3) is 0 Å². The first-order valence-electron chi connectivity index (χ1n) is 9.19. The Labute approximate surface area is 159 Å². The molecule has 1 aliphatic rings. The van der Waals surface area contributed by atoms with Gasteiger partial charge in [-0.2, -0.15) is 0 Å². The Hall–Kier alpha value is -2.60. The van der Waals surface area contributed by atoms with E-state index in [1.54, 1.807) is 6.07 Å². The maximum absolute atomic E-state index is 13.4. The third-order valence-electron chi connectivity index (χ3n) is 5.19. The molecular formula is C21H26FN3O2. The van der Waals surface area contributed by atoms with Crippen LogP contribution in [0.2, 0.25) is 0 Å². The molecule has 0 aromatic heterocycles. The average Bonchev–Trinajstić information content (AvgIpc) is 2.72. The molecular weight excluding hydrogens is 345 g/mol. The van der Waals surface area contributed by atoms with Gasteiger partial charge in [-0.3, -0.25) is 4.79 Å². The number of hydrogen-bond donors (Lipinski definition) is 1. The summed E-state index contributed by atoms with van der Waals surface area (Å²) in [4.78, 5) is 16.9. The lowest BCUT2D eigenvalue weighted by molar-refractivity contribution is -0.136. The number of ether oxygens (including phenoxy) is 1. The highest BCUT2D eigenvalue weighted by Gasteiger charge is 2.29. The van der Waals surface area contributed by atoms with Crippen LogP contribution >= 0.6 is 0 Å². The van der Waals surface area contributed by atoms with E-state index in [2.05, 4.69) is 4.90 Å². The minimum atomic E-state index is -0.326. The normalized spacial score (nSPS) is 16.7. The van der Waals surface area contributed by atoms with Gasteiger partial charge in [0, 0.05) is 38.3 Å². The summed E-state index contributed by atoms with van der Waals surface area (Å²) < 4.78 is 18.7. The average molecular weight is 371 g/mol. The fourth-order valence-electron chi connectivity index (χ4n) is 3.49. The molecule has 6 heteroatoms. The van der Waals surface area contributed by atoms with Gasteiger partial charge in [0.05, 0.1) is 18.7 Å². The summed E-state index contributed by atoms with van der Waals surface area (Å²) in [6.45, 7) is 4.42. The van der Waals surface area contributed by atoms with Gasteiger partial charge in [-0.15, -0.1) is 0 Å². The van der Waals surface area contributed by atoms with Crippen molar-refractivity contribution in [2.75, 3.05) is 38.2 Å². The lowest BCUT2D eigenvalue weighted by atomic mass is 9.94. The maximum atomic E-state index is 13.4. The zero-order valence-electron chi connectivity index (χ0n) is 15.8. The Morgan fingerprint density at radius 3 is 2.41 bits per heavy atom. The molecule has 1 heterocycles. The van der Waals surface area contributed by atoms with Gasteiger partial charge in [0.2, 0.25) is 5.91 Å². The van der Waals surface area contributed by atoms with Gasteiger partial charge in [0.25, 0.3) is 0 Å². The van der Waals surface area contributed by atoms with Crippen molar-refractivity contribution >= 4 is 11.6 Å². The number of nitrogens with zero attached hydrogens (tertiary/aromatic N) is 2. The summed E-state index contributed by atoms with van der Waals surface area (Å²) >= 11 is 0. The van der Waals surface area contributed by atoms with Crippen LogP contribution in [0, 0.1) is 11.7 Å². The van der Waals surface area contributed by atoms with Crippen molar-refractivity contribution in [1.29, 1.82) is 0 Å². The SMILES string of the molecule is COc1cc(F)ccc1N1CCN(C(=O)C(C)C(N)c2ccccc2)CC1. The van der Waals surface area contributed by atoms with E-state index in [-0.39, 0.29) is 23.7 Å². The fourth-order valence-corrected chi connectivity index (χ4v) is 3.49. The number of hydrogen-bond acceptors (Lipinski definition) is 4. The quantitative estimate of drug-likeness (QED) is 0.878. The highest BCUT2D eigenvalue weighted by Crippen LogP contribution is 2.30. The summed E-state index contributed by atoms with van der Waals surface area (Å²) in [6.07, 6.45) is 0. The Kier molecular flexibility index (Phi) is 5.96. The molecule has 2 aromatic rings. The summed E-state index contributed by atoms with van der Waals surface area (Å²) in [6, 6.07) is 13.9. The minimum Gasteiger partial charge on any atom is -0.494 e. The zero-order valence-corrected chi connectivity index (χ0v) is 15.8. The van der Waals surface area contributed by atoms with E-state index in [4.69, 9.17) is 10.5 Å². The number of carbonyl (C=O) groups is 1. The third-order valence-corrected chi connectivity index (χ3v) is 5.19. The Bertz CT molecular complexity index is 776. The van der Waals surface area contributed by atoms with Gasteiger partial charge in [0.1, 0.15) is 11.6 Å². The van der Waals surface area contributed by atoms with E-state index >= 15 is 0 Å². The van der Waals surface area contributed by atoms with E-state index in [9.17, 15) is 9.18 Å². The molecule has 144 valence electrons. The Morgan fingerprint density at radius 1 is 1.11 bits per heavy atom. The molecule has 0 bridgehead atoms. The monoisotopic (exact) mass is 371 g/mol. The number of carbonyl (C=O) groups excluding carboxylic acids is 1. The molecule has 2 unspecified atom stereocenters. The van der Waals surface area contributed by atoms with Crippen LogP contribution in [-0.2, 0) is 4.79 Å². The first-order valence-corrected chi connectivity index (χ1v) is 9.19. The van der Waals surface area contributed by atoms with Gasteiger partial charge >= 0.3 is 0 Å². The zero-order chi connectivity index (χ0) is 19.4. The lowest BCUT2D eigenvalue weighted by Gasteiger charge is -2.38. The fraction of sp³-hybridized carbons (Fsp3) is 0.381. The number of methoxy groups -OCH3 is 1. The molecule has 2 atom stereocenters. The van der Waals surface area contributed by atoms with E-state index in [1.807, 2.05) is 42.2 Å². The molecule has 1 fully saturated rings.